The van der Waals surface area contributed by atoms with Gasteiger partial charge in [-0.05, 0) is 35.9 Å². The first-order valence-corrected chi connectivity index (χ1v) is 7.93. The predicted molar refractivity (Wildman–Crippen MR) is 83.2 cm³/mol. The molecule has 0 radical (unpaired) electrons. The van der Waals surface area contributed by atoms with Crippen molar-refractivity contribution in [3.63, 3.8) is 0 Å². The summed E-state index contributed by atoms with van der Waals surface area (Å²) in [5, 5.41) is 12.3. The van der Waals surface area contributed by atoms with E-state index in [1.165, 1.54) is 16.6 Å². The molecule has 0 unspecified atom stereocenters. The maximum atomic E-state index is 13.9. The zero-order valence-corrected chi connectivity index (χ0v) is 13.2. The number of fused-ring (bicyclic) bond motifs is 1. The quantitative estimate of drug-likeness (QED) is 0.516. The van der Waals surface area contributed by atoms with E-state index >= 15 is 0 Å². The minimum atomic E-state index is -0.698. The summed E-state index contributed by atoms with van der Waals surface area (Å²) in [5.74, 6) is -2.26. The smallest absolute Gasteiger partial charge is 0.207 e. The van der Waals surface area contributed by atoms with E-state index in [0.717, 1.165) is 35.6 Å². The molecule has 2 aromatic carbocycles. The van der Waals surface area contributed by atoms with E-state index < -0.39 is 23.3 Å². The largest absolute Gasteiger partial charge is 0.234 e. The highest BCUT2D eigenvalue weighted by Crippen LogP contribution is 2.28. The van der Waals surface area contributed by atoms with Crippen molar-refractivity contribution in [1.29, 1.82) is 0 Å². The van der Waals surface area contributed by atoms with E-state index in [4.69, 9.17) is 0 Å². The first-order chi connectivity index (χ1) is 12.0. The second-order valence-corrected chi connectivity index (χ2v) is 6.25. The molecule has 0 aliphatic heterocycles. The van der Waals surface area contributed by atoms with Crippen molar-refractivity contribution >= 4 is 16.3 Å². The van der Waals surface area contributed by atoms with Gasteiger partial charge in [0.15, 0.2) is 10.8 Å². The number of rotatable bonds is 3. The van der Waals surface area contributed by atoms with Gasteiger partial charge < -0.3 is 0 Å². The Morgan fingerprint density at radius 3 is 2.40 bits per heavy atom. The fourth-order valence-electron chi connectivity index (χ4n) is 2.43. The Kier molecular flexibility index (Phi) is 3.72. The van der Waals surface area contributed by atoms with Crippen LogP contribution in [0, 0.1) is 23.3 Å². The Morgan fingerprint density at radius 2 is 1.64 bits per heavy atom. The molecule has 0 atom stereocenters. The van der Waals surface area contributed by atoms with Gasteiger partial charge in [0.1, 0.15) is 23.3 Å². The van der Waals surface area contributed by atoms with Gasteiger partial charge in [0.2, 0.25) is 4.96 Å². The summed E-state index contributed by atoms with van der Waals surface area (Å²) < 4.78 is 55.2. The van der Waals surface area contributed by atoms with Gasteiger partial charge in [-0.15, -0.1) is 10.2 Å². The van der Waals surface area contributed by atoms with Crippen LogP contribution in [0.4, 0.5) is 17.6 Å². The van der Waals surface area contributed by atoms with Crippen LogP contribution >= 0.6 is 11.3 Å². The summed E-state index contributed by atoms with van der Waals surface area (Å²) in [6, 6.07) is 6.22. The highest BCUT2D eigenvalue weighted by Gasteiger charge is 2.17. The fourth-order valence-corrected chi connectivity index (χ4v) is 3.31. The normalized spacial score (nSPS) is 11.4. The van der Waals surface area contributed by atoms with E-state index in [1.54, 1.807) is 0 Å². The van der Waals surface area contributed by atoms with Crippen LogP contribution in [0.25, 0.3) is 15.5 Å². The molecule has 0 bridgehead atoms. The zero-order valence-electron chi connectivity index (χ0n) is 12.4. The van der Waals surface area contributed by atoms with Crippen molar-refractivity contribution in [2.45, 2.75) is 6.42 Å². The van der Waals surface area contributed by atoms with Gasteiger partial charge in [-0.2, -0.15) is 9.61 Å². The summed E-state index contributed by atoms with van der Waals surface area (Å²) >= 11 is 1.03. The Bertz CT molecular complexity index is 1070. The van der Waals surface area contributed by atoms with Gasteiger partial charge in [-0.25, -0.2) is 17.6 Å². The summed E-state index contributed by atoms with van der Waals surface area (Å²) in [6.45, 7) is 0. The van der Waals surface area contributed by atoms with Crippen LogP contribution in [-0.2, 0) is 6.42 Å². The van der Waals surface area contributed by atoms with Crippen molar-refractivity contribution in [3.8, 4) is 10.6 Å². The van der Waals surface area contributed by atoms with Crippen LogP contribution in [0.3, 0.4) is 0 Å². The molecule has 0 aliphatic rings. The average Bonchev–Trinajstić information content (AvgIpc) is 3.11. The van der Waals surface area contributed by atoms with E-state index in [-0.39, 0.29) is 17.0 Å². The third-order valence-electron chi connectivity index (χ3n) is 3.50. The molecule has 4 nitrogen and oxygen atoms in total. The van der Waals surface area contributed by atoms with Crippen molar-refractivity contribution in [2.24, 2.45) is 0 Å². The SMILES string of the molecule is Fc1cc(F)cc(Cc2nnc3sc(-c4cc(F)ccc4F)nn23)c1. The summed E-state index contributed by atoms with van der Waals surface area (Å²) in [4.78, 5) is 0.366. The Labute approximate surface area is 142 Å². The molecule has 2 aromatic heterocycles. The maximum Gasteiger partial charge on any atom is 0.234 e. The molecule has 0 saturated carbocycles. The molecule has 4 rings (SSSR count). The number of aromatic nitrogens is 4. The van der Waals surface area contributed by atoms with E-state index in [2.05, 4.69) is 15.3 Å². The van der Waals surface area contributed by atoms with Crippen molar-refractivity contribution in [2.75, 3.05) is 0 Å². The molecule has 0 aliphatic carbocycles. The standard InChI is InChI=1S/C16H8F4N4S/c17-9-1-2-13(20)12(7-9)15-23-24-14(21-22-16(24)25-15)5-8-3-10(18)6-11(19)4-8/h1-4,6-7H,5H2. The van der Waals surface area contributed by atoms with Crippen molar-refractivity contribution in [3.05, 3.63) is 71.1 Å². The topological polar surface area (TPSA) is 43.1 Å². The Balaban J connectivity index is 1.74. The lowest BCUT2D eigenvalue weighted by atomic mass is 10.1. The number of hydrogen-bond acceptors (Lipinski definition) is 4. The molecule has 126 valence electrons. The lowest BCUT2D eigenvalue weighted by Crippen LogP contribution is -1.99. The number of benzene rings is 2. The average molecular weight is 364 g/mol. The zero-order chi connectivity index (χ0) is 17.6. The van der Waals surface area contributed by atoms with Crippen LogP contribution in [0.2, 0.25) is 0 Å². The first kappa shape index (κ1) is 15.7. The van der Waals surface area contributed by atoms with E-state index in [9.17, 15) is 17.6 Å². The van der Waals surface area contributed by atoms with Crippen LogP contribution in [-0.4, -0.2) is 19.8 Å². The Morgan fingerprint density at radius 1 is 0.880 bits per heavy atom. The second kappa shape index (κ2) is 5.92. The number of nitrogens with zero attached hydrogens (tertiary/aromatic N) is 4. The van der Waals surface area contributed by atoms with Crippen LogP contribution in [0.5, 0.6) is 0 Å². The molecule has 0 N–H and O–H groups in total. The van der Waals surface area contributed by atoms with Crippen LogP contribution in [0.1, 0.15) is 11.4 Å². The van der Waals surface area contributed by atoms with E-state index in [0.29, 0.717) is 16.3 Å². The molecule has 0 spiro atoms. The summed E-state index contributed by atoms with van der Waals surface area (Å²) in [6.07, 6.45) is 0.0879. The Hall–Kier alpha value is -2.81. The van der Waals surface area contributed by atoms with Gasteiger partial charge in [0.05, 0.1) is 5.56 Å². The molecule has 0 fully saturated rings. The second-order valence-electron chi connectivity index (χ2n) is 5.30. The summed E-state index contributed by atoms with van der Waals surface area (Å²) in [7, 11) is 0. The number of halogens is 4. The molecule has 25 heavy (non-hydrogen) atoms. The lowest BCUT2D eigenvalue weighted by molar-refractivity contribution is 0.580. The monoisotopic (exact) mass is 364 g/mol. The van der Waals surface area contributed by atoms with Gasteiger partial charge >= 0.3 is 0 Å². The molecular formula is C16H8F4N4S. The van der Waals surface area contributed by atoms with Gasteiger partial charge in [-0.3, -0.25) is 0 Å². The molecule has 0 amide bonds. The number of hydrogen-bond donors (Lipinski definition) is 0. The van der Waals surface area contributed by atoms with Crippen molar-refractivity contribution in [1.82, 2.24) is 19.8 Å². The summed E-state index contributed by atoms with van der Waals surface area (Å²) in [5.41, 5.74) is 0.372. The van der Waals surface area contributed by atoms with Gasteiger partial charge in [-0.1, -0.05) is 11.3 Å². The van der Waals surface area contributed by atoms with E-state index in [1.807, 2.05) is 0 Å². The fraction of sp³-hybridized carbons (Fsp3) is 0.0625. The van der Waals surface area contributed by atoms with Crippen molar-refractivity contribution < 1.29 is 17.6 Å². The first-order valence-electron chi connectivity index (χ1n) is 7.11. The molecular weight excluding hydrogens is 356 g/mol. The van der Waals surface area contributed by atoms with Gasteiger partial charge in [0.25, 0.3) is 0 Å². The molecule has 9 heteroatoms. The highest BCUT2D eigenvalue weighted by atomic mass is 32.1. The molecule has 2 heterocycles. The maximum absolute atomic E-state index is 13.9. The highest BCUT2D eigenvalue weighted by molar-refractivity contribution is 7.19. The van der Waals surface area contributed by atoms with Crippen LogP contribution in [0.15, 0.2) is 36.4 Å². The minimum absolute atomic E-state index is 0.0123. The molecule has 0 saturated heterocycles. The predicted octanol–water partition coefficient (Wildman–Crippen LogP) is 4.00. The third kappa shape index (κ3) is 2.98. The van der Waals surface area contributed by atoms with Gasteiger partial charge in [0, 0.05) is 12.5 Å². The minimum Gasteiger partial charge on any atom is -0.207 e. The van der Waals surface area contributed by atoms with Crippen LogP contribution < -0.4 is 0 Å². The third-order valence-corrected chi connectivity index (χ3v) is 4.43. The lowest BCUT2D eigenvalue weighted by Gasteiger charge is -2.00. The molecule has 4 aromatic rings.